The van der Waals surface area contributed by atoms with Crippen LogP contribution in [-0.2, 0) is 0 Å². The lowest BCUT2D eigenvalue weighted by atomic mass is 9.78. The number of nitrogens with zero attached hydrogens (tertiary/aromatic N) is 2. The first-order chi connectivity index (χ1) is 9.28. The minimum Gasteiger partial charge on any atom is -0.373 e. The molecule has 0 bridgehead atoms. The predicted octanol–water partition coefficient (Wildman–Crippen LogP) is 3.76. The van der Waals surface area contributed by atoms with Crippen molar-refractivity contribution >= 4 is 5.82 Å². The molecule has 1 N–H and O–H groups in total. The van der Waals surface area contributed by atoms with E-state index in [4.69, 9.17) is 0 Å². The molecule has 1 aliphatic carbocycles. The first-order valence-electron chi connectivity index (χ1n) is 6.90. The third kappa shape index (κ3) is 2.33. The zero-order chi connectivity index (χ0) is 13.2. The summed E-state index contributed by atoms with van der Waals surface area (Å²) in [5.74, 6) is 2.40. The lowest BCUT2D eigenvalue weighted by Crippen LogP contribution is -2.10. The van der Waals surface area contributed by atoms with E-state index in [-0.39, 0.29) is 0 Å². The number of nitrogens with one attached hydrogen (secondary N) is 1. The van der Waals surface area contributed by atoms with Crippen molar-refractivity contribution in [3.63, 3.8) is 0 Å². The normalized spacial score (nSPS) is 15.1. The standard InChI is InChI=1S/C16H19N3/c1-11-18-15(10-16(17-2)19-11)14-9-4-3-8-13(14)12-6-5-7-12/h3-4,8-10,12H,5-7H2,1-2H3,(H,17,18,19). The van der Waals surface area contributed by atoms with Crippen LogP contribution in [0, 0.1) is 6.92 Å². The largest absolute Gasteiger partial charge is 0.373 e. The smallest absolute Gasteiger partial charge is 0.130 e. The van der Waals surface area contributed by atoms with Gasteiger partial charge in [-0.25, -0.2) is 9.97 Å². The van der Waals surface area contributed by atoms with Crippen LogP contribution in [0.1, 0.15) is 36.6 Å². The van der Waals surface area contributed by atoms with Crippen molar-refractivity contribution in [1.29, 1.82) is 0 Å². The maximum absolute atomic E-state index is 4.60. The fourth-order valence-corrected chi connectivity index (χ4v) is 2.64. The van der Waals surface area contributed by atoms with E-state index in [0.717, 1.165) is 17.3 Å². The fourth-order valence-electron chi connectivity index (χ4n) is 2.64. The Hall–Kier alpha value is -1.90. The summed E-state index contributed by atoms with van der Waals surface area (Å²) in [5, 5.41) is 3.10. The molecular weight excluding hydrogens is 234 g/mol. The summed E-state index contributed by atoms with van der Waals surface area (Å²) in [7, 11) is 1.89. The Labute approximate surface area is 114 Å². The molecule has 19 heavy (non-hydrogen) atoms. The summed E-state index contributed by atoms with van der Waals surface area (Å²) in [6.07, 6.45) is 3.96. The molecule has 3 nitrogen and oxygen atoms in total. The van der Waals surface area contributed by atoms with Crippen LogP contribution in [0.25, 0.3) is 11.3 Å². The van der Waals surface area contributed by atoms with Crippen LogP contribution in [0.4, 0.5) is 5.82 Å². The van der Waals surface area contributed by atoms with Gasteiger partial charge < -0.3 is 5.32 Å². The topological polar surface area (TPSA) is 37.8 Å². The molecule has 0 atom stereocenters. The number of aryl methyl sites for hydroxylation is 1. The lowest BCUT2D eigenvalue weighted by molar-refractivity contribution is 0.420. The summed E-state index contributed by atoms with van der Waals surface area (Å²) >= 11 is 0. The molecule has 2 aromatic rings. The molecule has 0 spiro atoms. The van der Waals surface area contributed by atoms with E-state index in [1.54, 1.807) is 0 Å². The summed E-state index contributed by atoms with van der Waals surface area (Å²) in [6, 6.07) is 10.7. The minimum absolute atomic E-state index is 0.713. The predicted molar refractivity (Wildman–Crippen MR) is 78.3 cm³/mol. The lowest BCUT2D eigenvalue weighted by Gasteiger charge is -2.27. The molecule has 0 amide bonds. The van der Waals surface area contributed by atoms with Gasteiger partial charge in [0.15, 0.2) is 0 Å². The maximum Gasteiger partial charge on any atom is 0.130 e. The van der Waals surface area contributed by atoms with Gasteiger partial charge in [0, 0.05) is 18.7 Å². The number of anilines is 1. The van der Waals surface area contributed by atoms with Crippen molar-refractivity contribution in [2.45, 2.75) is 32.1 Å². The molecule has 0 unspecified atom stereocenters. The summed E-state index contributed by atoms with van der Waals surface area (Å²) < 4.78 is 0. The van der Waals surface area contributed by atoms with E-state index < -0.39 is 0 Å². The monoisotopic (exact) mass is 253 g/mol. The van der Waals surface area contributed by atoms with E-state index in [9.17, 15) is 0 Å². The number of hydrogen-bond donors (Lipinski definition) is 1. The second-order valence-electron chi connectivity index (χ2n) is 5.15. The minimum atomic E-state index is 0.713. The van der Waals surface area contributed by atoms with Crippen LogP contribution < -0.4 is 5.32 Å². The Morgan fingerprint density at radius 1 is 1.16 bits per heavy atom. The zero-order valence-corrected chi connectivity index (χ0v) is 11.5. The number of aromatic nitrogens is 2. The first-order valence-corrected chi connectivity index (χ1v) is 6.90. The SMILES string of the molecule is CNc1cc(-c2ccccc2C2CCC2)nc(C)n1. The van der Waals surface area contributed by atoms with E-state index in [0.29, 0.717) is 5.92 Å². The first kappa shape index (κ1) is 12.2. The van der Waals surface area contributed by atoms with Crippen LogP contribution in [0.2, 0.25) is 0 Å². The van der Waals surface area contributed by atoms with Crippen molar-refractivity contribution in [2.24, 2.45) is 0 Å². The number of hydrogen-bond acceptors (Lipinski definition) is 3. The van der Waals surface area contributed by atoms with Crippen molar-refractivity contribution in [1.82, 2.24) is 9.97 Å². The van der Waals surface area contributed by atoms with Gasteiger partial charge in [0.2, 0.25) is 0 Å². The molecule has 1 aliphatic rings. The third-order valence-corrected chi connectivity index (χ3v) is 3.88. The highest BCUT2D eigenvalue weighted by Gasteiger charge is 2.22. The van der Waals surface area contributed by atoms with Gasteiger partial charge in [-0.1, -0.05) is 30.7 Å². The van der Waals surface area contributed by atoms with Crippen LogP contribution >= 0.6 is 0 Å². The Kier molecular flexibility index (Phi) is 3.20. The zero-order valence-electron chi connectivity index (χ0n) is 11.5. The third-order valence-electron chi connectivity index (χ3n) is 3.88. The molecular formula is C16H19N3. The molecule has 1 fully saturated rings. The molecule has 3 heteroatoms. The second kappa shape index (κ2) is 5.00. The Morgan fingerprint density at radius 3 is 2.63 bits per heavy atom. The second-order valence-corrected chi connectivity index (χ2v) is 5.15. The summed E-state index contributed by atoms with van der Waals surface area (Å²) in [5.41, 5.74) is 3.72. The van der Waals surface area contributed by atoms with Gasteiger partial charge in [-0.2, -0.15) is 0 Å². The molecule has 1 aromatic heterocycles. The van der Waals surface area contributed by atoms with Crippen molar-refractivity contribution in [3.05, 3.63) is 41.7 Å². The quantitative estimate of drug-likeness (QED) is 0.905. The number of benzene rings is 1. The molecule has 98 valence electrons. The van der Waals surface area contributed by atoms with E-state index in [1.807, 2.05) is 20.0 Å². The molecule has 1 heterocycles. The van der Waals surface area contributed by atoms with Gasteiger partial charge in [-0.3, -0.25) is 0 Å². The van der Waals surface area contributed by atoms with Crippen LogP contribution in [0.3, 0.4) is 0 Å². The van der Waals surface area contributed by atoms with Gasteiger partial charge in [-0.15, -0.1) is 0 Å². The fraction of sp³-hybridized carbons (Fsp3) is 0.375. The highest BCUT2D eigenvalue weighted by molar-refractivity contribution is 5.67. The van der Waals surface area contributed by atoms with Gasteiger partial charge in [0.25, 0.3) is 0 Å². The molecule has 0 aliphatic heterocycles. The van der Waals surface area contributed by atoms with E-state index in [2.05, 4.69) is 39.6 Å². The number of rotatable bonds is 3. The molecule has 0 radical (unpaired) electrons. The van der Waals surface area contributed by atoms with Gasteiger partial charge in [-0.05, 0) is 31.2 Å². The Morgan fingerprint density at radius 2 is 1.95 bits per heavy atom. The van der Waals surface area contributed by atoms with Crippen molar-refractivity contribution < 1.29 is 0 Å². The average molecular weight is 253 g/mol. The summed E-state index contributed by atoms with van der Waals surface area (Å²) in [6.45, 7) is 1.94. The molecule has 1 saturated carbocycles. The summed E-state index contributed by atoms with van der Waals surface area (Å²) in [4.78, 5) is 8.97. The van der Waals surface area contributed by atoms with Crippen LogP contribution in [0.5, 0.6) is 0 Å². The van der Waals surface area contributed by atoms with Crippen LogP contribution in [-0.4, -0.2) is 17.0 Å². The highest BCUT2D eigenvalue weighted by Crippen LogP contribution is 2.40. The van der Waals surface area contributed by atoms with Gasteiger partial charge in [0.05, 0.1) is 5.69 Å². The van der Waals surface area contributed by atoms with Gasteiger partial charge >= 0.3 is 0 Å². The van der Waals surface area contributed by atoms with E-state index >= 15 is 0 Å². The van der Waals surface area contributed by atoms with Gasteiger partial charge in [0.1, 0.15) is 11.6 Å². The molecule has 3 rings (SSSR count). The average Bonchev–Trinajstić information content (AvgIpc) is 2.36. The Bertz CT molecular complexity index is 588. The maximum atomic E-state index is 4.60. The highest BCUT2D eigenvalue weighted by atomic mass is 15.0. The van der Waals surface area contributed by atoms with Crippen molar-refractivity contribution in [3.8, 4) is 11.3 Å². The molecule has 1 aromatic carbocycles. The van der Waals surface area contributed by atoms with Crippen molar-refractivity contribution in [2.75, 3.05) is 12.4 Å². The molecule has 0 saturated heterocycles. The Balaban J connectivity index is 2.08. The van der Waals surface area contributed by atoms with Crippen LogP contribution in [0.15, 0.2) is 30.3 Å². The van der Waals surface area contributed by atoms with E-state index in [1.165, 1.54) is 30.4 Å².